The van der Waals surface area contributed by atoms with Crippen LogP contribution >= 0.6 is 11.3 Å². The van der Waals surface area contributed by atoms with Crippen LogP contribution in [0, 0.1) is 0 Å². The molecule has 3 rings (SSSR count). The van der Waals surface area contributed by atoms with Crippen molar-refractivity contribution >= 4 is 21.4 Å². The molecule has 0 saturated carbocycles. The zero-order valence-corrected chi connectivity index (χ0v) is 16.0. The van der Waals surface area contributed by atoms with Gasteiger partial charge in [0.1, 0.15) is 5.75 Å². The van der Waals surface area contributed by atoms with Gasteiger partial charge in [0.15, 0.2) is 0 Å². The summed E-state index contributed by atoms with van der Waals surface area (Å²) in [6.07, 6.45) is 2.36. The molecule has 0 bridgehead atoms. The Hall–Kier alpha value is -1.41. The average molecular weight is 381 g/mol. The van der Waals surface area contributed by atoms with Crippen molar-refractivity contribution in [2.45, 2.75) is 24.6 Å². The first-order chi connectivity index (χ1) is 12.1. The first kappa shape index (κ1) is 18.4. The molecule has 1 atom stereocenters. The summed E-state index contributed by atoms with van der Waals surface area (Å²) < 4.78 is 33.0. The normalized spacial score (nSPS) is 16.8. The van der Waals surface area contributed by atoms with Crippen LogP contribution in [0.25, 0.3) is 0 Å². The molecule has 0 amide bonds. The second kappa shape index (κ2) is 8.31. The van der Waals surface area contributed by atoms with Crippen LogP contribution in [0.3, 0.4) is 0 Å². The Kier molecular flexibility index (Phi) is 6.11. The van der Waals surface area contributed by atoms with Gasteiger partial charge in [-0.1, -0.05) is 12.1 Å². The van der Waals surface area contributed by atoms with Gasteiger partial charge in [0.05, 0.1) is 12.9 Å². The zero-order chi connectivity index (χ0) is 17.7. The molecule has 1 saturated heterocycles. The number of hydrogen-bond acceptors (Lipinski definition) is 5. The molecule has 25 heavy (non-hydrogen) atoms. The van der Waals surface area contributed by atoms with Gasteiger partial charge in [0.25, 0.3) is 0 Å². The fraction of sp³-hybridized carbons (Fsp3) is 0.444. The van der Waals surface area contributed by atoms with Gasteiger partial charge in [0.2, 0.25) is 10.0 Å². The Balaban J connectivity index is 1.66. The van der Waals surface area contributed by atoms with Gasteiger partial charge < -0.3 is 4.74 Å². The smallest absolute Gasteiger partial charge is 0.215 e. The zero-order valence-electron chi connectivity index (χ0n) is 14.3. The lowest BCUT2D eigenvalue weighted by Crippen LogP contribution is -2.37. The third-order valence-corrected chi connectivity index (χ3v) is 6.52. The van der Waals surface area contributed by atoms with E-state index in [2.05, 4.69) is 21.1 Å². The van der Waals surface area contributed by atoms with Gasteiger partial charge in [-0.05, 0) is 66.0 Å². The second-order valence-corrected chi connectivity index (χ2v) is 8.86. The van der Waals surface area contributed by atoms with E-state index < -0.39 is 10.0 Å². The number of ether oxygens (including phenoxy) is 1. The van der Waals surface area contributed by atoms with E-state index in [1.54, 1.807) is 30.6 Å². The van der Waals surface area contributed by atoms with Crippen molar-refractivity contribution in [3.05, 3.63) is 52.2 Å². The number of thiophene rings is 1. The predicted octanol–water partition coefficient (Wildman–Crippen LogP) is 3.01. The molecular weight excluding hydrogens is 356 g/mol. The van der Waals surface area contributed by atoms with Crippen LogP contribution in [-0.4, -0.2) is 40.1 Å². The molecule has 1 aromatic carbocycles. The molecule has 2 aromatic rings. The summed E-state index contributed by atoms with van der Waals surface area (Å²) in [5.41, 5.74) is 1.91. The van der Waals surface area contributed by atoms with Crippen molar-refractivity contribution in [2.24, 2.45) is 0 Å². The molecule has 0 spiro atoms. The average Bonchev–Trinajstić information content (AvgIpc) is 3.29. The first-order valence-electron chi connectivity index (χ1n) is 8.44. The minimum absolute atomic E-state index is 0.0411. The number of sulfonamides is 1. The Bertz CT molecular complexity index is 769. The van der Waals surface area contributed by atoms with Gasteiger partial charge in [-0.2, -0.15) is 11.3 Å². The van der Waals surface area contributed by atoms with E-state index in [0.29, 0.717) is 12.3 Å². The van der Waals surface area contributed by atoms with E-state index >= 15 is 0 Å². The highest BCUT2D eigenvalue weighted by Gasteiger charge is 2.25. The van der Waals surface area contributed by atoms with Gasteiger partial charge >= 0.3 is 0 Å². The molecule has 0 radical (unpaired) electrons. The van der Waals surface area contributed by atoms with Crippen LogP contribution in [0.4, 0.5) is 0 Å². The fourth-order valence-electron chi connectivity index (χ4n) is 3.21. The lowest BCUT2D eigenvalue weighted by Gasteiger charge is -2.27. The van der Waals surface area contributed by atoms with E-state index in [1.165, 1.54) is 18.4 Å². The van der Waals surface area contributed by atoms with Crippen molar-refractivity contribution in [3.8, 4) is 5.75 Å². The van der Waals surface area contributed by atoms with Crippen molar-refractivity contribution in [1.29, 1.82) is 0 Å². The Labute approximate surface area is 153 Å². The summed E-state index contributed by atoms with van der Waals surface area (Å²) >= 11 is 1.65. The fourth-order valence-corrected chi connectivity index (χ4v) is 5.05. The molecule has 2 heterocycles. The topological polar surface area (TPSA) is 58.6 Å². The van der Waals surface area contributed by atoms with Gasteiger partial charge in [-0.3, -0.25) is 4.90 Å². The largest absolute Gasteiger partial charge is 0.497 e. The summed E-state index contributed by atoms with van der Waals surface area (Å²) in [6, 6.07) is 9.37. The minimum Gasteiger partial charge on any atom is -0.497 e. The minimum atomic E-state index is -3.40. The molecule has 1 N–H and O–H groups in total. The van der Waals surface area contributed by atoms with Crippen molar-refractivity contribution in [1.82, 2.24) is 9.62 Å². The maximum absolute atomic E-state index is 12.5. The van der Waals surface area contributed by atoms with Gasteiger partial charge in [-0.15, -0.1) is 0 Å². The summed E-state index contributed by atoms with van der Waals surface area (Å²) in [6.45, 7) is 2.46. The third kappa shape index (κ3) is 5.04. The molecule has 5 nitrogen and oxygen atoms in total. The van der Waals surface area contributed by atoms with E-state index in [-0.39, 0.29) is 11.8 Å². The van der Waals surface area contributed by atoms with Crippen molar-refractivity contribution in [2.75, 3.05) is 26.7 Å². The lowest BCUT2D eigenvalue weighted by molar-refractivity contribution is 0.247. The van der Waals surface area contributed by atoms with E-state index in [9.17, 15) is 8.42 Å². The number of nitrogens with zero attached hydrogens (tertiary/aromatic N) is 1. The molecule has 136 valence electrons. The maximum Gasteiger partial charge on any atom is 0.215 e. The van der Waals surface area contributed by atoms with Gasteiger partial charge in [-0.25, -0.2) is 13.1 Å². The molecular formula is C18H24N2O3S2. The summed E-state index contributed by atoms with van der Waals surface area (Å²) in [5, 5.41) is 4.16. The summed E-state index contributed by atoms with van der Waals surface area (Å²) in [5.74, 6) is 0.626. The second-order valence-electron chi connectivity index (χ2n) is 6.27. The summed E-state index contributed by atoms with van der Waals surface area (Å²) in [4.78, 5) is 2.37. The summed E-state index contributed by atoms with van der Waals surface area (Å²) in [7, 11) is -1.83. The van der Waals surface area contributed by atoms with Crippen LogP contribution in [0.15, 0.2) is 41.1 Å². The highest BCUT2D eigenvalue weighted by atomic mass is 32.2. The van der Waals surface area contributed by atoms with Crippen LogP contribution < -0.4 is 9.46 Å². The highest BCUT2D eigenvalue weighted by Crippen LogP contribution is 2.26. The number of methoxy groups -OCH3 is 1. The number of benzene rings is 1. The van der Waals surface area contributed by atoms with E-state index in [4.69, 9.17) is 4.74 Å². The highest BCUT2D eigenvalue weighted by molar-refractivity contribution is 7.88. The predicted molar refractivity (Wildman–Crippen MR) is 101 cm³/mol. The van der Waals surface area contributed by atoms with Gasteiger partial charge in [0, 0.05) is 12.6 Å². The maximum atomic E-state index is 12.5. The van der Waals surface area contributed by atoms with Crippen molar-refractivity contribution in [3.63, 3.8) is 0 Å². The van der Waals surface area contributed by atoms with Crippen LogP contribution in [0.1, 0.15) is 30.0 Å². The molecule has 1 aromatic heterocycles. The SMILES string of the molecule is COc1cccc(CS(=O)(=O)NCC(c2ccsc2)N2CCCC2)c1. The Morgan fingerprint density at radius 1 is 1.28 bits per heavy atom. The van der Waals surface area contributed by atoms with E-state index in [0.717, 1.165) is 18.7 Å². The van der Waals surface area contributed by atoms with Crippen LogP contribution in [0.2, 0.25) is 0 Å². The standard InChI is InChI=1S/C18H24N2O3S2/c1-23-17-6-4-5-15(11-17)14-25(21,22)19-12-18(16-7-10-24-13-16)20-8-2-3-9-20/h4-7,10-11,13,18-19H,2-3,8-9,12,14H2,1H3. The Morgan fingerprint density at radius 2 is 2.08 bits per heavy atom. The molecule has 0 aliphatic carbocycles. The number of hydrogen-bond donors (Lipinski definition) is 1. The number of likely N-dealkylation sites (tertiary alicyclic amines) is 1. The van der Waals surface area contributed by atoms with Crippen molar-refractivity contribution < 1.29 is 13.2 Å². The van der Waals surface area contributed by atoms with Crippen LogP contribution in [0.5, 0.6) is 5.75 Å². The number of nitrogens with one attached hydrogen (secondary N) is 1. The van der Waals surface area contributed by atoms with Crippen LogP contribution in [-0.2, 0) is 15.8 Å². The first-order valence-corrected chi connectivity index (χ1v) is 11.0. The molecule has 1 aliphatic rings. The molecule has 1 unspecified atom stereocenters. The Morgan fingerprint density at radius 3 is 2.76 bits per heavy atom. The molecule has 1 fully saturated rings. The van der Waals surface area contributed by atoms with E-state index in [1.807, 2.05) is 17.5 Å². The third-order valence-electron chi connectivity index (χ3n) is 4.50. The quantitative estimate of drug-likeness (QED) is 0.765. The lowest BCUT2D eigenvalue weighted by atomic mass is 10.1. The number of rotatable bonds is 8. The monoisotopic (exact) mass is 380 g/mol. The molecule has 1 aliphatic heterocycles. The molecule has 7 heteroatoms.